The third-order valence-electron chi connectivity index (χ3n) is 1.77. The van der Waals surface area contributed by atoms with Crippen LogP contribution in [-0.4, -0.2) is 13.7 Å². The van der Waals surface area contributed by atoms with Crippen LogP contribution in [0.25, 0.3) is 0 Å². The first-order chi connectivity index (χ1) is 6.81. The maximum absolute atomic E-state index is 5.50. The number of benzene rings is 1. The molecule has 3 nitrogen and oxygen atoms in total. The maximum Gasteiger partial charge on any atom is 0.162 e. The van der Waals surface area contributed by atoms with Crippen molar-refractivity contribution in [2.75, 3.05) is 13.7 Å². The summed E-state index contributed by atoms with van der Waals surface area (Å²) >= 11 is 0. The summed E-state index contributed by atoms with van der Waals surface area (Å²) in [5.74, 6) is 3.69. The number of rotatable bonds is 4. The van der Waals surface area contributed by atoms with Crippen LogP contribution >= 0.6 is 0 Å². The molecule has 2 N–H and O–H groups in total. The van der Waals surface area contributed by atoms with E-state index in [9.17, 15) is 0 Å². The molecular formula is C11H13NO2. The molecule has 0 saturated carbocycles. The number of methoxy groups -OCH3 is 1. The summed E-state index contributed by atoms with van der Waals surface area (Å²) in [4.78, 5) is 0. The Morgan fingerprint density at radius 1 is 1.43 bits per heavy atom. The number of terminal acetylenes is 1. The topological polar surface area (TPSA) is 44.5 Å². The van der Waals surface area contributed by atoms with Gasteiger partial charge in [-0.3, -0.25) is 0 Å². The monoisotopic (exact) mass is 191 g/mol. The van der Waals surface area contributed by atoms with Crippen molar-refractivity contribution in [2.45, 2.75) is 6.54 Å². The molecule has 0 heterocycles. The minimum atomic E-state index is 0.227. The van der Waals surface area contributed by atoms with Crippen LogP contribution in [0.5, 0.6) is 11.5 Å². The molecule has 0 aliphatic heterocycles. The highest BCUT2D eigenvalue weighted by Crippen LogP contribution is 2.27. The number of nitrogens with two attached hydrogens (primary N) is 1. The van der Waals surface area contributed by atoms with Gasteiger partial charge in [0.1, 0.15) is 6.61 Å². The van der Waals surface area contributed by atoms with Crippen molar-refractivity contribution in [3.63, 3.8) is 0 Å². The second kappa shape index (κ2) is 5.15. The van der Waals surface area contributed by atoms with Gasteiger partial charge in [-0.25, -0.2) is 0 Å². The van der Waals surface area contributed by atoms with Crippen molar-refractivity contribution in [3.05, 3.63) is 23.8 Å². The molecule has 1 aromatic carbocycles. The van der Waals surface area contributed by atoms with Crippen LogP contribution in [0.2, 0.25) is 0 Å². The molecule has 0 fully saturated rings. The summed E-state index contributed by atoms with van der Waals surface area (Å²) in [7, 11) is 1.58. The molecule has 0 bridgehead atoms. The van der Waals surface area contributed by atoms with E-state index in [2.05, 4.69) is 5.92 Å². The zero-order valence-electron chi connectivity index (χ0n) is 8.12. The van der Waals surface area contributed by atoms with Crippen LogP contribution in [0.1, 0.15) is 5.56 Å². The predicted molar refractivity (Wildman–Crippen MR) is 55.2 cm³/mol. The molecule has 0 radical (unpaired) electrons. The number of hydrogen-bond donors (Lipinski definition) is 1. The number of hydrogen-bond acceptors (Lipinski definition) is 3. The molecular weight excluding hydrogens is 178 g/mol. The molecule has 3 heteroatoms. The van der Waals surface area contributed by atoms with E-state index in [0.717, 1.165) is 5.56 Å². The van der Waals surface area contributed by atoms with Gasteiger partial charge in [0.05, 0.1) is 7.11 Å². The quantitative estimate of drug-likeness (QED) is 0.726. The first kappa shape index (κ1) is 10.4. The fourth-order valence-electron chi connectivity index (χ4n) is 1.08. The molecule has 0 aliphatic carbocycles. The Bertz CT molecular complexity index is 342. The SMILES string of the molecule is C#CCOc1cc(CN)ccc1OC. The van der Waals surface area contributed by atoms with Gasteiger partial charge >= 0.3 is 0 Å². The Morgan fingerprint density at radius 2 is 2.21 bits per heavy atom. The van der Waals surface area contributed by atoms with E-state index in [-0.39, 0.29) is 6.61 Å². The smallest absolute Gasteiger partial charge is 0.162 e. The molecule has 1 rings (SSSR count). The van der Waals surface area contributed by atoms with E-state index in [4.69, 9.17) is 21.6 Å². The summed E-state index contributed by atoms with van der Waals surface area (Å²) in [6.45, 7) is 0.695. The van der Waals surface area contributed by atoms with Gasteiger partial charge in [0.2, 0.25) is 0 Å². The highest BCUT2D eigenvalue weighted by molar-refractivity contribution is 5.43. The van der Waals surface area contributed by atoms with Crippen molar-refractivity contribution < 1.29 is 9.47 Å². The van der Waals surface area contributed by atoms with Gasteiger partial charge in [-0.05, 0) is 17.7 Å². The van der Waals surface area contributed by atoms with Gasteiger partial charge in [0, 0.05) is 6.54 Å². The lowest BCUT2D eigenvalue weighted by Gasteiger charge is -2.09. The molecule has 14 heavy (non-hydrogen) atoms. The van der Waals surface area contributed by atoms with E-state index in [1.807, 2.05) is 18.2 Å². The zero-order valence-corrected chi connectivity index (χ0v) is 8.12. The molecule has 0 amide bonds. The van der Waals surface area contributed by atoms with E-state index >= 15 is 0 Å². The molecule has 0 spiro atoms. The first-order valence-electron chi connectivity index (χ1n) is 4.25. The Kier molecular flexibility index (Phi) is 3.84. The highest BCUT2D eigenvalue weighted by Gasteiger charge is 2.04. The van der Waals surface area contributed by atoms with Crippen LogP contribution < -0.4 is 15.2 Å². The largest absolute Gasteiger partial charge is 0.493 e. The third kappa shape index (κ3) is 2.41. The maximum atomic E-state index is 5.50. The Labute approximate surface area is 83.8 Å². The second-order valence-corrected chi connectivity index (χ2v) is 2.68. The van der Waals surface area contributed by atoms with Crippen LogP contribution in [0.4, 0.5) is 0 Å². The van der Waals surface area contributed by atoms with Crippen molar-refractivity contribution in [1.82, 2.24) is 0 Å². The van der Waals surface area contributed by atoms with E-state index in [1.54, 1.807) is 7.11 Å². The molecule has 1 aromatic rings. The molecule has 0 saturated heterocycles. The zero-order chi connectivity index (χ0) is 10.4. The summed E-state index contributed by atoms with van der Waals surface area (Å²) in [6.07, 6.45) is 5.10. The molecule has 74 valence electrons. The lowest BCUT2D eigenvalue weighted by Crippen LogP contribution is -2.00. The van der Waals surface area contributed by atoms with Gasteiger partial charge in [-0.15, -0.1) is 6.42 Å². The second-order valence-electron chi connectivity index (χ2n) is 2.68. The normalized spacial score (nSPS) is 9.21. The van der Waals surface area contributed by atoms with Crippen molar-refractivity contribution in [3.8, 4) is 23.8 Å². The third-order valence-corrected chi connectivity index (χ3v) is 1.77. The fraction of sp³-hybridized carbons (Fsp3) is 0.273. The Balaban J connectivity index is 2.91. The van der Waals surface area contributed by atoms with Crippen LogP contribution in [-0.2, 0) is 6.54 Å². The average Bonchev–Trinajstić information content (AvgIpc) is 2.25. The van der Waals surface area contributed by atoms with E-state index in [1.165, 1.54) is 0 Å². The molecule has 0 atom stereocenters. The molecule has 0 unspecified atom stereocenters. The lowest BCUT2D eigenvalue weighted by atomic mass is 10.2. The van der Waals surface area contributed by atoms with Gasteiger partial charge in [-0.1, -0.05) is 12.0 Å². The highest BCUT2D eigenvalue weighted by atomic mass is 16.5. The minimum Gasteiger partial charge on any atom is -0.493 e. The standard InChI is InChI=1S/C11H13NO2/c1-3-6-14-11-7-9(8-12)4-5-10(11)13-2/h1,4-5,7H,6,8,12H2,2H3. The first-order valence-corrected chi connectivity index (χ1v) is 4.25. The van der Waals surface area contributed by atoms with Gasteiger partial charge in [0.25, 0.3) is 0 Å². The van der Waals surface area contributed by atoms with E-state index in [0.29, 0.717) is 18.0 Å². The van der Waals surface area contributed by atoms with Crippen LogP contribution in [0.15, 0.2) is 18.2 Å². The van der Waals surface area contributed by atoms with E-state index < -0.39 is 0 Å². The molecule has 0 aliphatic rings. The minimum absolute atomic E-state index is 0.227. The predicted octanol–water partition coefficient (Wildman–Crippen LogP) is 1.17. The summed E-state index contributed by atoms with van der Waals surface area (Å²) in [5.41, 5.74) is 6.49. The summed E-state index contributed by atoms with van der Waals surface area (Å²) in [5, 5.41) is 0. The Hall–Kier alpha value is -1.66. The Morgan fingerprint density at radius 3 is 2.79 bits per heavy atom. The number of ether oxygens (including phenoxy) is 2. The van der Waals surface area contributed by atoms with Gasteiger partial charge < -0.3 is 15.2 Å². The van der Waals surface area contributed by atoms with Crippen LogP contribution in [0, 0.1) is 12.3 Å². The van der Waals surface area contributed by atoms with Gasteiger partial charge in [0.15, 0.2) is 11.5 Å². The lowest BCUT2D eigenvalue weighted by molar-refractivity contribution is 0.330. The van der Waals surface area contributed by atoms with Crippen molar-refractivity contribution >= 4 is 0 Å². The van der Waals surface area contributed by atoms with Crippen molar-refractivity contribution in [1.29, 1.82) is 0 Å². The average molecular weight is 191 g/mol. The van der Waals surface area contributed by atoms with Crippen molar-refractivity contribution in [2.24, 2.45) is 5.73 Å². The van der Waals surface area contributed by atoms with Gasteiger partial charge in [-0.2, -0.15) is 0 Å². The summed E-state index contributed by atoms with van der Waals surface area (Å²) < 4.78 is 10.4. The fourth-order valence-corrected chi connectivity index (χ4v) is 1.08. The summed E-state index contributed by atoms with van der Waals surface area (Å²) in [6, 6.07) is 5.53. The molecule has 0 aromatic heterocycles. The van der Waals surface area contributed by atoms with Crippen LogP contribution in [0.3, 0.4) is 0 Å².